The van der Waals surface area contributed by atoms with E-state index < -0.39 is 0 Å². The number of halogens is 1. The van der Waals surface area contributed by atoms with E-state index in [-0.39, 0.29) is 11.9 Å². The largest absolute Gasteiger partial charge is 0.345 e. The molecule has 3 nitrogen and oxygen atoms in total. The van der Waals surface area contributed by atoms with Crippen molar-refractivity contribution in [1.29, 1.82) is 0 Å². The summed E-state index contributed by atoms with van der Waals surface area (Å²) in [6.07, 6.45) is 0. The Morgan fingerprint density at radius 1 is 1.26 bits per heavy atom. The summed E-state index contributed by atoms with van der Waals surface area (Å²) in [5.74, 6) is -0.0936. The van der Waals surface area contributed by atoms with Crippen LogP contribution in [0.5, 0.6) is 0 Å². The molecule has 3 rings (SSSR count). The summed E-state index contributed by atoms with van der Waals surface area (Å²) >= 11 is 8.95. The maximum atomic E-state index is 12.5. The van der Waals surface area contributed by atoms with Crippen molar-refractivity contribution in [3.05, 3.63) is 62.2 Å². The second-order valence-electron chi connectivity index (χ2n) is 5.19. The van der Waals surface area contributed by atoms with Crippen LogP contribution in [0.4, 0.5) is 0 Å². The van der Waals surface area contributed by atoms with E-state index in [1.54, 1.807) is 11.3 Å². The minimum Gasteiger partial charge on any atom is -0.345 e. The van der Waals surface area contributed by atoms with Crippen LogP contribution in [0.25, 0.3) is 10.6 Å². The predicted octanol–water partition coefficient (Wildman–Crippen LogP) is 5.32. The SMILES string of the molecule is Cc1nc(-c2ccsc2)sc1C(=O)N[C@H](C)c1ccc(Cl)cc1. The lowest BCUT2D eigenvalue weighted by Crippen LogP contribution is -2.26. The molecule has 0 aliphatic carbocycles. The molecule has 0 unspecified atom stereocenters. The fraction of sp³-hybridized carbons (Fsp3) is 0.176. The van der Waals surface area contributed by atoms with E-state index in [0.717, 1.165) is 21.8 Å². The van der Waals surface area contributed by atoms with E-state index in [1.807, 2.05) is 54.9 Å². The number of carbonyl (C=O) groups is 1. The van der Waals surface area contributed by atoms with E-state index >= 15 is 0 Å². The molecule has 6 heteroatoms. The van der Waals surface area contributed by atoms with Gasteiger partial charge in [0.1, 0.15) is 9.88 Å². The molecule has 0 saturated heterocycles. The average molecular weight is 363 g/mol. The van der Waals surface area contributed by atoms with Crippen molar-refractivity contribution in [3.8, 4) is 10.6 Å². The molecular formula is C17H15ClN2OS2. The zero-order valence-corrected chi connectivity index (χ0v) is 15.1. The minimum atomic E-state index is -0.0936. The smallest absolute Gasteiger partial charge is 0.263 e. The van der Waals surface area contributed by atoms with Crippen LogP contribution >= 0.6 is 34.3 Å². The summed E-state index contributed by atoms with van der Waals surface area (Å²) in [4.78, 5) is 17.7. The van der Waals surface area contributed by atoms with Gasteiger partial charge in [-0.25, -0.2) is 4.98 Å². The molecule has 0 radical (unpaired) electrons. The topological polar surface area (TPSA) is 42.0 Å². The van der Waals surface area contributed by atoms with Crippen LogP contribution in [0.15, 0.2) is 41.1 Å². The van der Waals surface area contributed by atoms with Crippen molar-refractivity contribution in [1.82, 2.24) is 10.3 Å². The second kappa shape index (κ2) is 6.83. The highest BCUT2D eigenvalue weighted by molar-refractivity contribution is 7.17. The van der Waals surface area contributed by atoms with Gasteiger partial charge < -0.3 is 5.32 Å². The van der Waals surface area contributed by atoms with Crippen LogP contribution in [0.1, 0.15) is 33.9 Å². The molecule has 0 bridgehead atoms. The van der Waals surface area contributed by atoms with Crippen molar-refractivity contribution >= 4 is 40.2 Å². The Bertz CT molecular complexity index is 810. The first kappa shape index (κ1) is 16.2. The van der Waals surface area contributed by atoms with Crippen LogP contribution in [-0.4, -0.2) is 10.9 Å². The van der Waals surface area contributed by atoms with Gasteiger partial charge >= 0.3 is 0 Å². The van der Waals surface area contributed by atoms with Gasteiger partial charge in [-0.1, -0.05) is 23.7 Å². The number of carbonyl (C=O) groups excluding carboxylic acids is 1. The number of hydrogen-bond donors (Lipinski definition) is 1. The molecule has 23 heavy (non-hydrogen) atoms. The zero-order valence-electron chi connectivity index (χ0n) is 12.7. The standard InChI is InChI=1S/C17H15ClN2OS2/c1-10(12-3-5-14(18)6-4-12)19-16(21)15-11(2)20-17(23-15)13-7-8-22-9-13/h3-10H,1-2H3,(H,19,21)/t10-/m1/s1. The van der Waals surface area contributed by atoms with Crippen molar-refractivity contribution in [3.63, 3.8) is 0 Å². The maximum Gasteiger partial charge on any atom is 0.263 e. The summed E-state index contributed by atoms with van der Waals surface area (Å²) in [6.45, 7) is 3.82. The maximum absolute atomic E-state index is 12.5. The third-order valence-corrected chi connectivity index (χ3v) is 5.63. The quantitative estimate of drug-likeness (QED) is 0.682. The Balaban J connectivity index is 1.77. The molecule has 0 aliphatic heterocycles. The Morgan fingerprint density at radius 3 is 2.65 bits per heavy atom. The summed E-state index contributed by atoms with van der Waals surface area (Å²) in [6, 6.07) is 9.41. The summed E-state index contributed by atoms with van der Waals surface area (Å²) in [5, 5.41) is 8.64. The van der Waals surface area contributed by atoms with E-state index in [9.17, 15) is 4.79 Å². The molecule has 0 aliphatic rings. The van der Waals surface area contributed by atoms with Crippen molar-refractivity contribution in [2.75, 3.05) is 0 Å². The lowest BCUT2D eigenvalue weighted by atomic mass is 10.1. The molecule has 0 saturated carbocycles. The first-order valence-electron chi connectivity index (χ1n) is 7.11. The van der Waals surface area contributed by atoms with Gasteiger partial charge in [-0.05, 0) is 43.0 Å². The normalized spacial score (nSPS) is 12.1. The van der Waals surface area contributed by atoms with E-state index in [4.69, 9.17) is 11.6 Å². The molecule has 0 fully saturated rings. The summed E-state index contributed by atoms with van der Waals surface area (Å²) < 4.78 is 0. The summed E-state index contributed by atoms with van der Waals surface area (Å²) in [7, 11) is 0. The molecule has 3 aromatic rings. The number of nitrogens with one attached hydrogen (secondary N) is 1. The highest BCUT2D eigenvalue weighted by Crippen LogP contribution is 2.29. The van der Waals surface area contributed by atoms with Gasteiger partial charge in [-0.3, -0.25) is 4.79 Å². The van der Waals surface area contributed by atoms with E-state index in [2.05, 4.69) is 10.3 Å². The van der Waals surface area contributed by atoms with Crippen molar-refractivity contribution in [2.24, 2.45) is 0 Å². The first-order valence-corrected chi connectivity index (χ1v) is 9.24. The van der Waals surface area contributed by atoms with E-state index in [0.29, 0.717) is 9.90 Å². The molecule has 2 heterocycles. The van der Waals surface area contributed by atoms with Crippen LogP contribution in [0, 0.1) is 6.92 Å². The second-order valence-corrected chi connectivity index (χ2v) is 7.41. The Morgan fingerprint density at radius 2 is 2.00 bits per heavy atom. The molecule has 0 spiro atoms. The monoisotopic (exact) mass is 362 g/mol. The Labute approximate surface area is 148 Å². The van der Waals surface area contributed by atoms with Gasteiger partial charge in [0.2, 0.25) is 0 Å². The van der Waals surface area contributed by atoms with Gasteiger partial charge in [-0.15, -0.1) is 11.3 Å². The fourth-order valence-corrected chi connectivity index (χ4v) is 4.02. The van der Waals surface area contributed by atoms with Crippen molar-refractivity contribution < 1.29 is 4.79 Å². The first-order chi connectivity index (χ1) is 11.0. The fourth-order valence-electron chi connectivity index (χ4n) is 2.21. The van der Waals surface area contributed by atoms with Crippen LogP contribution in [-0.2, 0) is 0 Å². The van der Waals surface area contributed by atoms with E-state index in [1.165, 1.54) is 11.3 Å². The van der Waals surface area contributed by atoms with Gasteiger partial charge in [0.15, 0.2) is 0 Å². The molecule has 118 valence electrons. The van der Waals surface area contributed by atoms with Gasteiger partial charge in [-0.2, -0.15) is 11.3 Å². The predicted molar refractivity (Wildman–Crippen MR) is 97.5 cm³/mol. The molecular weight excluding hydrogens is 348 g/mol. The number of thiophene rings is 1. The number of amides is 1. The molecule has 1 N–H and O–H groups in total. The summed E-state index contributed by atoms with van der Waals surface area (Å²) in [5.41, 5.74) is 2.84. The number of hydrogen-bond acceptors (Lipinski definition) is 4. The number of nitrogens with zero attached hydrogens (tertiary/aromatic N) is 1. The lowest BCUT2D eigenvalue weighted by Gasteiger charge is -2.13. The number of benzene rings is 1. The third-order valence-electron chi connectivity index (χ3n) is 3.49. The Kier molecular flexibility index (Phi) is 4.80. The third kappa shape index (κ3) is 3.63. The van der Waals surface area contributed by atoms with Crippen LogP contribution in [0.3, 0.4) is 0 Å². The van der Waals surface area contributed by atoms with Gasteiger partial charge in [0, 0.05) is 16.0 Å². The molecule has 1 aromatic carbocycles. The minimum absolute atomic E-state index is 0.0918. The molecule has 1 amide bonds. The molecule has 1 atom stereocenters. The van der Waals surface area contributed by atoms with Gasteiger partial charge in [0.05, 0.1) is 11.7 Å². The number of rotatable bonds is 4. The Hall–Kier alpha value is -1.69. The number of thiazole rings is 1. The number of aromatic nitrogens is 1. The van der Waals surface area contributed by atoms with Crippen molar-refractivity contribution in [2.45, 2.75) is 19.9 Å². The van der Waals surface area contributed by atoms with Crippen LogP contribution in [0.2, 0.25) is 5.02 Å². The average Bonchev–Trinajstić information content (AvgIpc) is 3.16. The zero-order chi connectivity index (χ0) is 16.4. The van der Waals surface area contributed by atoms with Gasteiger partial charge in [0.25, 0.3) is 5.91 Å². The molecule has 2 aromatic heterocycles. The highest BCUT2D eigenvalue weighted by Gasteiger charge is 2.18. The highest BCUT2D eigenvalue weighted by atomic mass is 35.5. The van der Waals surface area contributed by atoms with Crippen LogP contribution < -0.4 is 5.32 Å². The number of aryl methyl sites for hydroxylation is 1. The lowest BCUT2D eigenvalue weighted by molar-refractivity contribution is 0.0943.